The minimum absolute atomic E-state index is 0.125. The molecule has 0 aliphatic carbocycles. The lowest BCUT2D eigenvalue weighted by Gasteiger charge is -2.11. The van der Waals surface area contributed by atoms with Gasteiger partial charge >= 0.3 is 0 Å². The maximum atomic E-state index is 9.43. The second-order valence-electron chi connectivity index (χ2n) is 4.69. The summed E-state index contributed by atoms with van der Waals surface area (Å²) in [6, 6.07) is 5.06. The molecule has 2 rings (SSSR count). The van der Waals surface area contributed by atoms with Crippen LogP contribution in [0.25, 0.3) is 11.5 Å². The number of hydrogen-bond donors (Lipinski definition) is 1. The summed E-state index contributed by atoms with van der Waals surface area (Å²) in [7, 11) is 0. The van der Waals surface area contributed by atoms with Crippen molar-refractivity contribution in [1.29, 1.82) is 0 Å². The SMILES string of the molecule is CCCC(OCC)c1noc(-c2ccc(O)cc2C)n1. The van der Waals surface area contributed by atoms with Crippen LogP contribution >= 0.6 is 0 Å². The van der Waals surface area contributed by atoms with E-state index in [0.29, 0.717) is 18.3 Å². The molecule has 0 saturated carbocycles. The molecule has 5 nitrogen and oxygen atoms in total. The highest BCUT2D eigenvalue weighted by atomic mass is 16.5. The molecule has 0 radical (unpaired) electrons. The Morgan fingerprint density at radius 3 is 2.80 bits per heavy atom. The van der Waals surface area contributed by atoms with Gasteiger partial charge < -0.3 is 14.4 Å². The average Bonchev–Trinajstić information content (AvgIpc) is 2.88. The molecule has 0 aliphatic heterocycles. The van der Waals surface area contributed by atoms with Gasteiger partial charge in [0.2, 0.25) is 5.82 Å². The third-order valence-corrected chi connectivity index (χ3v) is 3.09. The van der Waals surface area contributed by atoms with Crippen LogP contribution in [0.1, 0.15) is 44.2 Å². The van der Waals surface area contributed by atoms with Gasteiger partial charge in [0.15, 0.2) is 0 Å². The summed E-state index contributed by atoms with van der Waals surface area (Å²) in [6.07, 6.45) is 1.73. The first-order valence-electron chi connectivity index (χ1n) is 6.90. The van der Waals surface area contributed by atoms with Crippen molar-refractivity contribution < 1.29 is 14.4 Å². The van der Waals surface area contributed by atoms with Gasteiger partial charge in [0.25, 0.3) is 5.89 Å². The van der Waals surface area contributed by atoms with Crippen LogP contribution in [-0.4, -0.2) is 21.9 Å². The molecule has 0 saturated heterocycles. The fourth-order valence-electron chi connectivity index (χ4n) is 2.11. The van der Waals surface area contributed by atoms with Crippen LogP contribution < -0.4 is 0 Å². The predicted molar refractivity (Wildman–Crippen MR) is 75.4 cm³/mol. The number of benzene rings is 1. The number of aromatic nitrogens is 2. The monoisotopic (exact) mass is 276 g/mol. The first-order chi connectivity index (χ1) is 9.65. The van der Waals surface area contributed by atoms with E-state index in [-0.39, 0.29) is 11.9 Å². The van der Waals surface area contributed by atoms with Crippen molar-refractivity contribution in [2.24, 2.45) is 0 Å². The minimum Gasteiger partial charge on any atom is -0.508 e. The van der Waals surface area contributed by atoms with Gasteiger partial charge in [-0.1, -0.05) is 18.5 Å². The van der Waals surface area contributed by atoms with E-state index in [4.69, 9.17) is 9.26 Å². The summed E-state index contributed by atoms with van der Waals surface area (Å²) < 4.78 is 11.0. The molecule has 0 bridgehead atoms. The molecular formula is C15H20N2O3. The highest BCUT2D eigenvalue weighted by Gasteiger charge is 2.19. The number of aryl methyl sites for hydroxylation is 1. The molecule has 1 heterocycles. The Morgan fingerprint density at radius 2 is 2.15 bits per heavy atom. The van der Waals surface area contributed by atoms with Gasteiger partial charge in [-0.2, -0.15) is 4.98 Å². The Hall–Kier alpha value is -1.88. The zero-order valence-electron chi connectivity index (χ0n) is 12.1. The van der Waals surface area contributed by atoms with E-state index in [9.17, 15) is 5.11 Å². The molecule has 1 unspecified atom stereocenters. The third kappa shape index (κ3) is 3.17. The predicted octanol–water partition coefficient (Wildman–Crippen LogP) is 3.63. The first-order valence-corrected chi connectivity index (χ1v) is 6.90. The molecule has 0 fully saturated rings. The van der Waals surface area contributed by atoms with Crippen molar-refractivity contribution in [3.05, 3.63) is 29.6 Å². The van der Waals surface area contributed by atoms with Gasteiger partial charge in [0.1, 0.15) is 11.9 Å². The Balaban J connectivity index is 2.27. The minimum atomic E-state index is -0.125. The maximum Gasteiger partial charge on any atom is 0.258 e. The van der Waals surface area contributed by atoms with Crippen LogP contribution in [0.15, 0.2) is 22.7 Å². The third-order valence-electron chi connectivity index (χ3n) is 3.09. The first kappa shape index (κ1) is 14.5. The highest BCUT2D eigenvalue weighted by molar-refractivity contribution is 5.59. The summed E-state index contributed by atoms with van der Waals surface area (Å²) in [6.45, 7) is 6.56. The van der Waals surface area contributed by atoms with Gasteiger partial charge in [-0.15, -0.1) is 0 Å². The number of nitrogens with zero attached hydrogens (tertiary/aromatic N) is 2. The van der Waals surface area contributed by atoms with E-state index in [0.717, 1.165) is 24.0 Å². The van der Waals surface area contributed by atoms with Crippen molar-refractivity contribution in [3.63, 3.8) is 0 Å². The molecule has 20 heavy (non-hydrogen) atoms. The van der Waals surface area contributed by atoms with Gasteiger partial charge in [-0.05, 0) is 44.0 Å². The van der Waals surface area contributed by atoms with Gasteiger partial charge in [0, 0.05) is 12.2 Å². The van der Waals surface area contributed by atoms with Gasteiger partial charge in [-0.25, -0.2) is 0 Å². The summed E-state index contributed by atoms with van der Waals surface area (Å²) in [5.41, 5.74) is 1.72. The molecule has 0 amide bonds. The summed E-state index contributed by atoms with van der Waals surface area (Å²) >= 11 is 0. The molecule has 0 aliphatic rings. The zero-order chi connectivity index (χ0) is 14.5. The normalized spacial score (nSPS) is 12.6. The van der Waals surface area contributed by atoms with E-state index in [2.05, 4.69) is 17.1 Å². The van der Waals surface area contributed by atoms with Crippen LogP contribution in [0.4, 0.5) is 0 Å². The maximum absolute atomic E-state index is 9.43. The quantitative estimate of drug-likeness (QED) is 0.872. The highest BCUT2D eigenvalue weighted by Crippen LogP contribution is 2.27. The molecule has 108 valence electrons. The fraction of sp³-hybridized carbons (Fsp3) is 0.467. The van der Waals surface area contributed by atoms with Crippen LogP contribution in [0, 0.1) is 6.92 Å². The Labute approximate surface area is 118 Å². The van der Waals surface area contributed by atoms with Crippen molar-refractivity contribution in [3.8, 4) is 17.2 Å². The van der Waals surface area contributed by atoms with Crippen LogP contribution in [-0.2, 0) is 4.74 Å². The molecule has 5 heteroatoms. The van der Waals surface area contributed by atoms with Gasteiger partial charge in [0.05, 0.1) is 0 Å². The lowest BCUT2D eigenvalue weighted by Crippen LogP contribution is -2.05. The summed E-state index contributed by atoms with van der Waals surface area (Å²) in [5, 5.41) is 13.5. The number of phenolic OH excluding ortho intramolecular Hbond substituents is 1. The average molecular weight is 276 g/mol. The molecule has 2 aromatic rings. The molecule has 0 spiro atoms. The molecule has 1 atom stereocenters. The standard InChI is InChI=1S/C15H20N2O3/c1-4-6-13(19-5-2)14-16-15(20-17-14)12-8-7-11(18)9-10(12)3/h7-9,13,18H,4-6H2,1-3H3. The van der Waals surface area contributed by atoms with Crippen molar-refractivity contribution in [2.45, 2.75) is 39.7 Å². The molecule has 1 N–H and O–H groups in total. The fourth-order valence-corrected chi connectivity index (χ4v) is 2.11. The van der Waals surface area contributed by atoms with Crippen LogP contribution in [0.5, 0.6) is 5.75 Å². The van der Waals surface area contributed by atoms with Crippen LogP contribution in [0.2, 0.25) is 0 Å². The lowest BCUT2D eigenvalue weighted by atomic mass is 10.1. The number of aromatic hydroxyl groups is 1. The lowest BCUT2D eigenvalue weighted by molar-refractivity contribution is 0.0478. The Bertz CT molecular complexity index is 560. The second-order valence-corrected chi connectivity index (χ2v) is 4.69. The number of ether oxygens (including phenoxy) is 1. The number of hydrogen-bond acceptors (Lipinski definition) is 5. The summed E-state index contributed by atoms with van der Waals surface area (Å²) in [5.74, 6) is 1.26. The molecule has 1 aromatic carbocycles. The van der Waals surface area contributed by atoms with Crippen molar-refractivity contribution in [2.75, 3.05) is 6.61 Å². The van der Waals surface area contributed by atoms with Crippen molar-refractivity contribution in [1.82, 2.24) is 10.1 Å². The Kier molecular flexibility index (Phi) is 4.74. The Morgan fingerprint density at radius 1 is 1.35 bits per heavy atom. The van der Waals surface area contributed by atoms with Gasteiger partial charge in [-0.3, -0.25) is 0 Å². The van der Waals surface area contributed by atoms with E-state index >= 15 is 0 Å². The van der Waals surface area contributed by atoms with E-state index < -0.39 is 0 Å². The second kappa shape index (κ2) is 6.52. The van der Waals surface area contributed by atoms with E-state index in [1.54, 1.807) is 18.2 Å². The topological polar surface area (TPSA) is 68.4 Å². The molecule has 1 aromatic heterocycles. The number of rotatable bonds is 6. The number of phenols is 1. The molecular weight excluding hydrogens is 256 g/mol. The zero-order valence-corrected chi connectivity index (χ0v) is 12.1. The smallest absolute Gasteiger partial charge is 0.258 e. The van der Waals surface area contributed by atoms with E-state index in [1.807, 2.05) is 13.8 Å². The largest absolute Gasteiger partial charge is 0.508 e. The van der Waals surface area contributed by atoms with Crippen LogP contribution in [0.3, 0.4) is 0 Å². The van der Waals surface area contributed by atoms with Crippen molar-refractivity contribution >= 4 is 0 Å². The van der Waals surface area contributed by atoms with E-state index in [1.165, 1.54) is 0 Å². The summed E-state index contributed by atoms with van der Waals surface area (Å²) in [4.78, 5) is 4.42.